The Bertz CT molecular complexity index is 832. The monoisotopic (exact) mass is 412 g/mol. The normalized spacial score (nSPS) is 21.9. The molecule has 29 heavy (non-hydrogen) atoms. The van der Waals surface area contributed by atoms with Gasteiger partial charge in [0.25, 0.3) is 0 Å². The minimum Gasteiger partial charge on any atom is -0.392 e. The van der Waals surface area contributed by atoms with E-state index in [1.54, 1.807) is 11.8 Å². The maximum atomic E-state index is 9.30. The van der Waals surface area contributed by atoms with E-state index in [4.69, 9.17) is 15.2 Å². The number of nitrogens with zero attached hydrogens (tertiary/aromatic N) is 2. The third-order valence-electron chi connectivity index (χ3n) is 4.90. The number of aromatic amines is 1. The van der Waals surface area contributed by atoms with Crippen molar-refractivity contribution in [1.29, 1.82) is 0 Å². The number of H-pyrrole nitrogens is 1. The number of nitrogens with two attached hydrogens (primary N) is 1. The lowest BCUT2D eigenvalue weighted by molar-refractivity contribution is -0.245. The lowest BCUT2D eigenvalue weighted by atomic mass is 10.0. The van der Waals surface area contributed by atoms with Gasteiger partial charge in [-0.2, -0.15) is 5.10 Å². The molecule has 3 atom stereocenters. The predicted octanol–water partition coefficient (Wildman–Crippen LogP) is 3.09. The van der Waals surface area contributed by atoms with Gasteiger partial charge in [0.2, 0.25) is 0 Å². The molecule has 3 aromatic rings. The highest BCUT2D eigenvalue weighted by molar-refractivity contribution is 7.99. The van der Waals surface area contributed by atoms with Gasteiger partial charge in [0, 0.05) is 24.3 Å². The van der Waals surface area contributed by atoms with E-state index in [0.717, 1.165) is 39.6 Å². The number of thioether (sulfide) groups is 1. The van der Waals surface area contributed by atoms with Crippen LogP contribution in [0.15, 0.2) is 60.0 Å². The van der Waals surface area contributed by atoms with Crippen molar-refractivity contribution in [3.05, 3.63) is 77.1 Å². The van der Waals surface area contributed by atoms with Gasteiger partial charge in [-0.3, -0.25) is 5.10 Å². The molecule has 1 aliphatic heterocycles. The van der Waals surface area contributed by atoms with E-state index in [1.165, 1.54) is 6.33 Å². The Kier molecular flexibility index (Phi) is 6.58. The van der Waals surface area contributed by atoms with Crippen LogP contribution in [0.1, 0.15) is 41.1 Å². The second-order valence-corrected chi connectivity index (χ2v) is 7.91. The van der Waals surface area contributed by atoms with Crippen molar-refractivity contribution in [2.24, 2.45) is 5.73 Å². The third kappa shape index (κ3) is 5.04. The first-order valence-corrected chi connectivity index (χ1v) is 10.5. The van der Waals surface area contributed by atoms with Crippen molar-refractivity contribution in [2.45, 2.75) is 43.2 Å². The van der Waals surface area contributed by atoms with Gasteiger partial charge in [0.15, 0.2) is 11.4 Å². The Labute approximate surface area is 173 Å². The maximum absolute atomic E-state index is 9.30. The van der Waals surface area contributed by atoms with E-state index in [0.29, 0.717) is 6.54 Å². The molecule has 0 aliphatic carbocycles. The Balaban J connectivity index is 1.53. The molecular formula is C21H24N4O3S. The summed E-state index contributed by atoms with van der Waals surface area (Å²) in [5.74, 6) is 0.737. The average Bonchev–Trinajstić information content (AvgIpc) is 3.31. The number of aliphatic hydroxyl groups is 1. The van der Waals surface area contributed by atoms with Gasteiger partial charge in [0.05, 0.1) is 18.8 Å². The number of rotatable bonds is 7. The van der Waals surface area contributed by atoms with Crippen LogP contribution < -0.4 is 5.73 Å². The molecular weight excluding hydrogens is 388 g/mol. The first-order chi connectivity index (χ1) is 14.2. The fourth-order valence-corrected chi connectivity index (χ4v) is 4.07. The lowest BCUT2D eigenvalue weighted by Crippen LogP contribution is -2.31. The highest BCUT2D eigenvalue weighted by Gasteiger charge is 2.32. The minimum absolute atomic E-state index is 0.0134. The van der Waals surface area contributed by atoms with Gasteiger partial charge in [-0.15, -0.1) is 0 Å². The Morgan fingerprint density at radius 2 is 1.76 bits per heavy atom. The fraction of sp³-hybridized carbons (Fsp3) is 0.333. The lowest BCUT2D eigenvalue weighted by Gasteiger charge is -2.36. The van der Waals surface area contributed by atoms with Gasteiger partial charge in [-0.05, 0) is 16.7 Å². The number of aromatic nitrogens is 3. The second kappa shape index (κ2) is 9.51. The largest absolute Gasteiger partial charge is 0.392 e. The van der Waals surface area contributed by atoms with E-state index in [1.807, 2.05) is 48.5 Å². The van der Waals surface area contributed by atoms with Crippen LogP contribution in [-0.2, 0) is 22.6 Å². The van der Waals surface area contributed by atoms with Crippen LogP contribution >= 0.6 is 11.8 Å². The molecule has 2 heterocycles. The summed E-state index contributed by atoms with van der Waals surface area (Å²) in [6, 6.07) is 15.9. The molecule has 4 N–H and O–H groups in total. The quantitative estimate of drug-likeness (QED) is 0.512. The molecule has 0 bridgehead atoms. The van der Waals surface area contributed by atoms with Gasteiger partial charge >= 0.3 is 0 Å². The van der Waals surface area contributed by atoms with Crippen molar-refractivity contribution in [1.82, 2.24) is 15.2 Å². The van der Waals surface area contributed by atoms with Crippen molar-refractivity contribution in [2.75, 3.05) is 5.75 Å². The molecule has 1 fully saturated rings. The number of hydrogen-bond acceptors (Lipinski definition) is 7. The molecule has 1 aliphatic rings. The molecule has 1 aromatic heterocycles. The van der Waals surface area contributed by atoms with E-state index < -0.39 is 6.29 Å². The molecule has 0 saturated carbocycles. The predicted molar refractivity (Wildman–Crippen MR) is 110 cm³/mol. The van der Waals surface area contributed by atoms with Gasteiger partial charge < -0.3 is 20.3 Å². The molecule has 4 rings (SSSR count). The summed E-state index contributed by atoms with van der Waals surface area (Å²) in [4.78, 5) is 4.17. The van der Waals surface area contributed by atoms with E-state index in [2.05, 4.69) is 15.2 Å². The molecule has 0 unspecified atom stereocenters. The van der Waals surface area contributed by atoms with Crippen LogP contribution in [0.25, 0.3) is 0 Å². The standard InChI is InChI=1S/C21H24N4O3S/c22-10-14-1-7-17(8-2-14)20-27-18(12-29-21-23-13-24-25-21)9-19(28-20)16-5-3-15(11-26)4-6-16/h1-8,13,18-20,26H,9-12,22H2,(H,23,24,25)/t18-,19+,20+/m0/s1. The minimum atomic E-state index is -0.460. The first-order valence-electron chi connectivity index (χ1n) is 9.53. The molecule has 152 valence electrons. The van der Waals surface area contributed by atoms with Crippen molar-refractivity contribution in [3.63, 3.8) is 0 Å². The zero-order valence-corrected chi connectivity index (χ0v) is 16.7. The smallest absolute Gasteiger partial charge is 0.184 e. The summed E-state index contributed by atoms with van der Waals surface area (Å²) in [7, 11) is 0. The summed E-state index contributed by atoms with van der Waals surface area (Å²) in [5.41, 5.74) is 9.70. The molecule has 8 heteroatoms. The highest BCUT2D eigenvalue weighted by atomic mass is 32.2. The number of aliphatic hydroxyl groups excluding tert-OH is 1. The van der Waals surface area contributed by atoms with Gasteiger partial charge in [-0.25, -0.2) is 4.98 Å². The van der Waals surface area contributed by atoms with Crippen molar-refractivity contribution < 1.29 is 14.6 Å². The van der Waals surface area contributed by atoms with Crippen LogP contribution in [0.5, 0.6) is 0 Å². The fourth-order valence-electron chi connectivity index (χ4n) is 3.27. The molecule has 1 saturated heterocycles. The number of nitrogens with one attached hydrogen (secondary N) is 1. The zero-order chi connectivity index (χ0) is 20.1. The van der Waals surface area contributed by atoms with Gasteiger partial charge in [0.1, 0.15) is 6.33 Å². The summed E-state index contributed by atoms with van der Waals surface area (Å²) < 4.78 is 12.6. The topological polar surface area (TPSA) is 106 Å². The summed E-state index contributed by atoms with van der Waals surface area (Å²) in [6.45, 7) is 0.532. The third-order valence-corrected chi connectivity index (χ3v) is 5.91. The Hall–Kier alpha value is -2.23. The zero-order valence-electron chi connectivity index (χ0n) is 15.9. The Morgan fingerprint density at radius 1 is 1.03 bits per heavy atom. The SMILES string of the molecule is NCc1ccc([C@@H]2O[C@H](CSc3ncn[nH]3)C[C@H](c3ccc(CO)cc3)O2)cc1. The van der Waals surface area contributed by atoms with Crippen LogP contribution in [0, 0.1) is 0 Å². The Morgan fingerprint density at radius 3 is 2.41 bits per heavy atom. The first kappa shape index (κ1) is 20.1. The number of ether oxygens (including phenoxy) is 2. The maximum Gasteiger partial charge on any atom is 0.184 e. The van der Waals surface area contributed by atoms with Crippen LogP contribution in [0.3, 0.4) is 0 Å². The number of benzene rings is 2. The van der Waals surface area contributed by atoms with E-state index >= 15 is 0 Å². The molecule has 0 spiro atoms. The molecule has 2 aromatic carbocycles. The molecule has 0 radical (unpaired) electrons. The van der Waals surface area contributed by atoms with E-state index in [9.17, 15) is 5.11 Å². The number of hydrogen-bond donors (Lipinski definition) is 3. The summed E-state index contributed by atoms with van der Waals surface area (Å²) in [6.07, 6.45) is 1.66. The second-order valence-electron chi connectivity index (χ2n) is 6.90. The summed E-state index contributed by atoms with van der Waals surface area (Å²) >= 11 is 1.58. The van der Waals surface area contributed by atoms with Gasteiger partial charge in [-0.1, -0.05) is 60.3 Å². The van der Waals surface area contributed by atoms with Crippen LogP contribution in [-0.4, -0.2) is 32.1 Å². The van der Waals surface area contributed by atoms with Crippen LogP contribution in [0.4, 0.5) is 0 Å². The van der Waals surface area contributed by atoms with Crippen molar-refractivity contribution in [3.8, 4) is 0 Å². The average molecular weight is 413 g/mol. The molecule has 0 amide bonds. The van der Waals surface area contributed by atoms with Crippen molar-refractivity contribution >= 4 is 11.8 Å². The van der Waals surface area contributed by atoms with E-state index in [-0.39, 0.29) is 18.8 Å². The van der Waals surface area contributed by atoms with Crippen LogP contribution in [0.2, 0.25) is 0 Å². The highest BCUT2D eigenvalue weighted by Crippen LogP contribution is 2.39. The summed E-state index contributed by atoms with van der Waals surface area (Å²) in [5, 5.41) is 16.8. The molecule has 7 nitrogen and oxygen atoms in total.